The molecule has 0 bridgehead atoms. The van der Waals surface area contributed by atoms with Gasteiger partial charge in [0.05, 0.1) is 61.3 Å². The highest BCUT2D eigenvalue weighted by Gasteiger charge is 2.37. The summed E-state index contributed by atoms with van der Waals surface area (Å²) in [6.07, 6.45) is -10.1. The average molecular weight is 1170 g/mol. The van der Waals surface area contributed by atoms with E-state index < -0.39 is 23.5 Å². The third-order valence-corrected chi connectivity index (χ3v) is 17.1. The molecule has 11 heteroatoms. The molecule has 0 aliphatic rings. The number of nitrogens with zero attached hydrogens (tertiary/aromatic N) is 5. The number of aromatic nitrogens is 5. The van der Waals surface area contributed by atoms with Crippen LogP contribution in [0.25, 0.3) is 150 Å². The smallest absolute Gasteiger partial charge is 0.309 e. The van der Waals surface area contributed by atoms with E-state index in [9.17, 15) is 26.3 Å². The Morgan fingerprint density at radius 1 is 0.247 bits per heavy atom. The van der Waals surface area contributed by atoms with E-state index >= 15 is 0 Å². The second-order valence-corrected chi connectivity index (χ2v) is 22.3. The number of hydrogen-bond donors (Lipinski definition) is 0. The molecule has 89 heavy (non-hydrogen) atoms. The maximum absolute atomic E-state index is 14.4. The van der Waals surface area contributed by atoms with Crippen LogP contribution in [0.15, 0.2) is 285 Å². The zero-order valence-electron chi connectivity index (χ0n) is 47.1. The van der Waals surface area contributed by atoms with Crippen molar-refractivity contribution in [3.63, 3.8) is 0 Å². The van der Waals surface area contributed by atoms with Gasteiger partial charge in [0.25, 0.3) is 0 Å². The molecular formula is C78H47F6N5. The number of fused-ring (bicyclic) bond motifs is 9. The van der Waals surface area contributed by atoms with Crippen molar-refractivity contribution >= 4 is 65.4 Å². The summed E-state index contributed by atoms with van der Waals surface area (Å²) in [5, 5.41) is 5.91. The highest BCUT2D eigenvalue weighted by molar-refractivity contribution is 6.13. The van der Waals surface area contributed by atoms with Crippen LogP contribution in [0.4, 0.5) is 26.3 Å². The minimum absolute atomic E-state index is 0.165. The van der Waals surface area contributed by atoms with E-state index in [0.717, 1.165) is 128 Å². The molecular weight excluding hydrogens is 1120 g/mol. The van der Waals surface area contributed by atoms with Gasteiger partial charge in [-0.15, -0.1) is 0 Å². The maximum Gasteiger partial charge on any atom is 0.416 e. The molecule has 0 saturated heterocycles. The summed E-state index contributed by atoms with van der Waals surface area (Å²) in [4.78, 5) is 10.6. The molecule has 4 aromatic heterocycles. The number of rotatable bonds is 9. The Morgan fingerprint density at radius 2 is 0.607 bits per heavy atom. The Morgan fingerprint density at radius 3 is 1.04 bits per heavy atom. The van der Waals surface area contributed by atoms with Gasteiger partial charge in [-0.3, -0.25) is 0 Å². The molecule has 0 fully saturated rings. The normalized spacial score (nSPS) is 12.2. The number of alkyl halides is 6. The van der Waals surface area contributed by atoms with Gasteiger partial charge in [-0.25, -0.2) is 9.97 Å². The van der Waals surface area contributed by atoms with Crippen LogP contribution in [0.2, 0.25) is 0 Å². The minimum Gasteiger partial charge on any atom is -0.309 e. The summed E-state index contributed by atoms with van der Waals surface area (Å²) < 4.78 is 93.4. The summed E-state index contributed by atoms with van der Waals surface area (Å²) >= 11 is 0. The van der Waals surface area contributed by atoms with Gasteiger partial charge in [0.1, 0.15) is 0 Å². The molecule has 16 aromatic rings. The lowest BCUT2D eigenvalue weighted by molar-refractivity contribution is -0.143. The third-order valence-electron chi connectivity index (χ3n) is 17.1. The predicted molar refractivity (Wildman–Crippen MR) is 348 cm³/mol. The lowest BCUT2D eigenvalue weighted by atomic mass is 9.91. The molecule has 0 radical (unpaired) electrons. The largest absolute Gasteiger partial charge is 0.416 e. The van der Waals surface area contributed by atoms with Gasteiger partial charge in [-0.1, -0.05) is 182 Å². The van der Waals surface area contributed by atoms with E-state index in [-0.39, 0.29) is 17.2 Å². The van der Waals surface area contributed by atoms with Gasteiger partial charge >= 0.3 is 12.4 Å². The summed E-state index contributed by atoms with van der Waals surface area (Å²) in [5.41, 5.74) is 12.9. The Balaban J connectivity index is 0.990. The molecule has 0 atom stereocenters. The van der Waals surface area contributed by atoms with E-state index in [2.05, 4.69) is 171 Å². The van der Waals surface area contributed by atoms with E-state index in [0.29, 0.717) is 22.4 Å². The SMILES string of the molecule is FC(F)(F)c1cc(-c2ccc3c(c2)c2ccccc2n3-c2c(-c3ccc(-n4c5ccccc5c5ccccc54)cc3)cc(-c3cc(-c4ccccc4)nc(-c4ccccc4)n3)cc2-c2ccc(-n3c4ccccc4c4ccccc43)cc2)cc(C(F)(F)F)c1. The summed E-state index contributed by atoms with van der Waals surface area (Å²) in [7, 11) is 0. The van der Waals surface area contributed by atoms with E-state index in [1.807, 2.05) is 91.0 Å². The van der Waals surface area contributed by atoms with Crippen LogP contribution in [0.5, 0.6) is 0 Å². The van der Waals surface area contributed by atoms with Crippen molar-refractivity contribution in [1.29, 1.82) is 0 Å². The lowest BCUT2D eigenvalue weighted by Gasteiger charge is -2.22. The zero-order valence-corrected chi connectivity index (χ0v) is 47.1. The minimum atomic E-state index is -5.03. The van der Waals surface area contributed by atoms with Crippen molar-refractivity contribution in [3.8, 4) is 84.3 Å². The predicted octanol–water partition coefficient (Wildman–Crippen LogP) is 21.8. The third kappa shape index (κ3) is 9.11. The zero-order chi connectivity index (χ0) is 60.1. The Bertz CT molecular complexity index is 5070. The van der Waals surface area contributed by atoms with Crippen molar-refractivity contribution in [3.05, 3.63) is 296 Å². The van der Waals surface area contributed by atoms with E-state index in [1.165, 1.54) is 0 Å². The molecule has 0 aliphatic carbocycles. The molecule has 12 aromatic carbocycles. The second-order valence-electron chi connectivity index (χ2n) is 22.3. The quantitative estimate of drug-likeness (QED) is 0.135. The molecule has 4 heterocycles. The molecule has 0 saturated carbocycles. The second kappa shape index (κ2) is 20.7. The molecule has 0 aliphatic heterocycles. The summed E-state index contributed by atoms with van der Waals surface area (Å²) in [6.45, 7) is 0. The molecule has 426 valence electrons. The lowest BCUT2D eigenvalue weighted by Crippen LogP contribution is -2.11. The standard InChI is InChI=1S/C78H47F6N5/c79-77(80,81)55-41-53(42-56(46-55)78(82,83)84)52-35-40-74-66(43-52)63-25-11-16-30-73(63)89(74)75-64(48-31-36-57(37-32-48)87-69-26-12-7-21-59(69)60-22-8-13-27-70(60)87)44-54(68-47-67(50-17-3-1-4-18-50)85-76(86-68)51-19-5-2-6-20-51)45-65(75)49-33-38-58(39-34-49)88-71-28-14-9-23-61(71)62-24-10-15-29-72(62)88/h1-47H. The molecule has 0 unspecified atom stereocenters. The fraction of sp³-hybridized carbons (Fsp3) is 0.0256. The van der Waals surface area contributed by atoms with Crippen molar-refractivity contribution in [1.82, 2.24) is 23.7 Å². The van der Waals surface area contributed by atoms with Crippen LogP contribution in [-0.2, 0) is 12.4 Å². The first kappa shape index (κ1) is 53.2. The average Bonchev–Trinajstić information content (AvgIpc) is 1.69. The molecule has 5 nitrogen and oxygen atoms in total. The van der Waals surface area contributed by atoms with Crippen LogP contribution in [0.1, 0.15) is 11.1 Å². The fourth-order valence-electron chi connectivity index (χ4n) is 13.0. The van der Waals surface area contributed by atoms with Crippen LogP contribution >= 0.6 is 0 Å². The van der Waals surface area contributed by atoms with E-state index in [1.54, 1.807) is 18.2 Å². The number of halogens is 6. The van der Waals surface area contributed by atoms with Gasteiger partial charge < -0.3 is 13.7 Å². The molecule has 0 amide bonds. The first-order chi connectivity index (χ1) is 43.4. The van der Waals surface area contributed by atoms with Gasteiger partial charge in [0.2, 0.25) is 0 Å². The topological polar surface area (TPSA) is 40.6 Å². The molecule has 0 spiro atoms. The molecule has 0 N–H and O–H groups in total. The summed E-state index contributed by atoms with van der Waals surface area (Å²) in [5.74, 6) is 0.543. The van der Waals surface area contributed by atoms with Crippen LogP contribution < -0.4 is 0 Å². The maximum atomic E-state index is 14.4. The van der Waals surface area contributed by atoms with Crippen molar-refractivity contribution in [2.24, 2.45) is 0 Å². The first-order valence-corrected chi connectivity index (χ1v) is 29.1. The monoisotopic (exact) mass is 1170 g/mol. The van der Waals surface area contributed by atoms with E-state index in [4.69, 9.17) is 9.97 Å². The van der Waals surface area contributed by atoms with Crippen molar-refractivity contribution in [2.75, 3.05) is 0 Å². The van der Waals surface area contributed by atoms with Crippen molar-refractivity contribution < 1.29 is 26.3 Å². The number of para-hydroxylation sites is 5. The Kier molecular flexibility index (Phi) is 12.4. The van der Waals surface area contributed by atoms with Crippen LogP contribution in [-0.4, -0.2) is 23.7 Å². The summed E-state index contributed by atoms with van der Waals surface area (Å²) in [6, 6.07) is 91.6. The number of hydrogen-bond acceptors (Lipinski definition) is 2. The highest BCUT2D eigenvalue weighted by atomic mass is 19.4. The number of benzene rings is 12. The van der Waals surface area contributed by atoms with Crippen LogP contribution in [0, 0.1) is 0 Å². The van der Waals surface area contributed by atoms with Gasteiger partial charge in [-0.05, 0) is 125 Å². The van der Waals surface area contributed by atoms with Gasteiger partial charge in [0, 0.05) is 71.5 Å². The Labute approximate surface area is 505 Å². The fourth-order valence-corrected chi connectivity index (χ4v) is 13.0. The Hall–Kier alpha value is -11.3. The van der Waals surface area contributed by atoms with Gasteiger partial charge in [0.15, 0.2) is 5.82 Å². The van der Waals surface area contributed by atoms with Crippen LogP contribution in [0.3, 0.4) is 0 Å². The highest BCUT2D eigenvalue weighted by Crippen LogP contribution is 2.47. The molecule has 16 rings (SSSR count). The first-order valence-electron chi connectivity index (χ1n) is 29.1. The van der Waals surface area contributed by atoms with Gasteiger partial charge in [-0.2, -0.15) is 26.3 Å². The van der Waals surface area contributed by atoms with Crippen molar-refractivity contribution in [2.45, 2.75) is 12.4 Å².